The molecule has 1 fully saturated rings. The average molecular weight is 398 g/mol. The number of carbonyl (C=O) groups is 2. The predicted molar refractivity (Wildman–Crippen MR) is 94.7 cm³/mol. The van der Waals surface area contributed by atoms with Gasteiger partial charge in [0.25, 0.3) is 5.91 Å². The minimum absolute atomic E-state index is 0.182. The summed E-state index contributed by atoms with van der Waals surface area (Å²) in [5.41, 5.74) is 0.337. The van der Waals surface area contributed by atoms with Crippen LogP contribution in [0.5, 0.6) is 5.75 Å². The maximum absolute atomic E-state index is 12.7. The third-order valence-electron chi connectivity index (χ3n) is 4.15. The first-order valence-electron chi connectivity index (χ1n) is 8.34. The van der Waals surface area contributed by atoms with E-state index in [0.717, 1.165) is 25.0 Å². The van der Waals surface area contributed by atoms with E-state index in [9.17, 15) is 22.8 Å². The van der Waals surface area contributed by atoms with Crippen molar-refractivity contribution in [2.24, 2.45) is 0 Å². The molecule has 0 radical (unpaired) electrons. The first-order chi connectivity index (χ1) is 12.8. The van der Waals surface area contributed by atoms with Crippen LogP contribution in [0.4, 0.5) is 18.9 Å². The molecule has 2 heterocycles. The Labute approximate surface area is 157 Å². The number of hydrogen-bond acceptors (Lipinski definition) is 4. The van der Waals surface area contributed by atoms with Gasteiger partial charge in [0, 0.05) is 12.2 Å². The Balaban J connectivity index is 1.67. The number of rotatable bonds is 4. The van der Waals surface area contributed by atoms with Gasteiger partial charge in [-0.2, -0.15) is 0 Å². The topological polar surface area (TPSA) is 58.6 Å². The van der Waals surface area contributed by atoms with Gasteiger partial charge in [0.2, 0.25) is 5.91 Å². The summed E-state index contributed by atoms with van der Waals surface area (Å²) in [7, 11) is 0. The van der Waals surface area contributed by atoms with Crippen LogP contribution in [0.1, 0.15) is 28.9 Å². The molecular formula is C18H17F3N2O3S. The molecule has 0 spiro atoms. The van der Waals surface area contributed by atoms with Crippen LogP contribution in [0.15, 0.2) is 41.8 Å². The minimum atomic E-state index is -4.77. The van der Waals surface area contributed by atoms with Gasteiger partial charge in [-0.15, -0.1) is 24.5 Å². The van der Waals surface area contributed by atoms with E-state index in [1.54, 1.807) is 22.4 Å². The Bertz CT molecular complexity index is 791. The second-order valence-corrected chi connectivity index (χ2v) is 7.00. The van der Waals surface area contributed by atoms with Crippen molar-refractivity contribution in [2.75, 3.05) is 11.9 Å². The number of ether oxygens (including phenoxy) is 1. The lowest BCUT2D eigenvalue weighted by atomic mass is 10.0. The zero-order valence-electron chi connectivity index (χ0n) is 14.2. The largest absolute Gasteiger partial charge is 0.573 e. The van der Waals surface area contributed by atoms with E-state index < -0.39 is 12.4 Å². The monoisotopic (exact) mass is 398 g/mol. The van der Waals surface area contributed by atoms with Crippen molar-refractivity contribution in [3.63, 3.8) is 0 Å². The number of likely N-dealkylation sites (tertiary alicyclic amines) is 1. The second kappa shape index (κ2) is 7.99. The molecule has 1 aromatic carbocycles. The Morgan fingerprint density at radius 1 is 1.15 bits per heavy atom. The molecule has 1 aliphatic rings. The number of anilines is 1. The van der Waals surface area contributed by atoms with Gasteiger partial charge in [0.15, 0.2) is 0 Å². The molecule has 0 saturated carbocycles. The van der Waals surface area contributed by atoms with E-state index in [1.807, 2.05) is 0 Å². The fraction of sp³-hybridized carbons (Fsp3) is 0.333. The smallest absolute Gasteiger partial charge is 0.406 e. The van der Waals surface area contributed by atoms with E-state index in [4.69, 9.17) is 0 Å². The molecule has 1 aromatic heterocycles. The van der Waals surface area contributed by atoms with Gasteiger partial charge >= 0.3 is 6.36 Å². The minimum Gasteiger partial charge on any atom is -0.406 e. The summed E-state index contributed by atoms with van der Waals surface area (Å²) in [6, 6.07) is 7.79. The van der Waals surface area contributed by atoms with Crippen LogP contribution in [0.25, 0.3) is 0 Å². The highest BCUT2D eigenvalue weighted by atomic mass is 32.1. The molecule has 2 aromatic rings. The van der Waals surface area contributed by atoms with Crippen LogP contribution in [0.2, 0.25) is 0 Å². The summed E-state index contributed by atoms with van der Waals surface area (Å²) in [5, 5.41) is 4.47. The Kier molecular flexibility index (Phi) is 5.69. The van der Waals surface area contributed by atoms with Gasteiger partial charge < -0.3 is 15.0 Å². The number of hydrogen-bond donors (Lipinski definition) is 1. The van der Waals surface area contributed by atoms with E-state index in [0.29, 0.717) is 23.5 Å². The van der Waals surface area contributed by atoms with Gasteiger partial charge in [-0.3, -0.25) is 9.59 Å². The van der Waals surface area contributed by atoms with E-state index in [2.05, 4.69) is 10.1 Å². The number of nitrogens with zero attached hydrogens (tertiary/aromatic N) is 1. The number of thiophene rings is 1. The molecule has 0 aliphatic carbocycles. The number of piperidine rings is 1. The molecule has 1 unspecified atom stereocenters. The van der Waals surface area contributed by atoms with E-state index in [-0.39, 0.29) is 17.6 Å². The van der Waals surface area contributed by atoms with Crippen molar-refractivity contribution >= 4 is 28.8 Å². The number of nitrogens with one attached hydrogen (secondary N) is 1. The zero-order valence-corrected chi connectivity index (χ0v) is 15.0. The van der Waals surface area contributed by atoms with Crippen LogP contribution < -0.4 is 10.1 Å². The fourth-order valence-corrected chi connectivity index (χ4v) is 3.63. The molecule has 9 heteroatoms. The fourth-order valence-electron chi connectivity index (χ4n) is 2.95. The van der Waals surface area contributed by atoms with Crippen LogP contribution in [0, 0.1) is 0 Å². The van der Waals surface area contributed by atoms with Gasteiger partial charge in [-0.05, 0) is 55.0 Å². The molecule has 1 saturated heterocycles. The lowest BCUT2D eigenvalue weighted by Gasteiger charge is -2.34. The van der Waals surface area contributed by atoms with Crippen LogP contribution in [-0.4, -0.2) is 35.7 Å². The van der Waals surface area contributed by atoms with Crippen LogP contribution in [-0.2, 0) is 4.79 Å². The SMILES string of the molecule is O=C(Nc1ccc(OC(F)(F)F)cc1)C1CCCCN1C(=O)c1cccs1. The molecule has 27 heavy (non-hydrogen) atoms. The average Bonchev–Trinajstić information content (AvgIpc) is 3.16. The third kappa shape index (κ3) is 5.00. The molecule has 2 amide bonds. The second-order valence-electron chi connectivity index (χ2n) is 6.05. The zero-order chi connectivity index (χ0) is 19.4. The summed E-state index contributed by atoms with van der Waals surface area (Å²) in [6.45, 7) is 0.493. The Morgan fingerprint density at radius 3 is 2.52 bits per heavy atom. The highest BCUT2D eigenvalue weighted by Crippen LogP contribution is 2.26. The summed E-state index contributed by atoms with van der Waals surface area (Å²) >= 11 is 1.32. The summed E-state index contributed by atoms with van der Waals surface area (Å²) < 4.78 is 40.4. The summed E-state index contributed by atoms with van der Waals surface area (Å²) in [5.74, 6) is -0.907. The molecule has 5 nitrogen and oxygen atoms in total. The van der Waals surface area contributed by atoms with Gasteiger partial charge in [0.05, 0.1) is 4.88 Å². The van der Waals surface area contributed by atoms with Crippen molar-refractivity contribution < 1.29 is 27.5 Å². The molecule has 1 aliphatic heterocycles. The number of amides is 2. The highest BCUT2D eigenvalue weighted by Gasteiger charge is 2.33. The quantitative estimate of drug-likeness (QED) is 0.836. The lowest BCUT2D eigenvalue weighted by molar-refractivity contribution is -0.274. The molecule has 1 atom stereocenters. The standard InChI is InChI=1S/C18H17F3N2O3S/c19-18(20,21)26-13-8-6-12(7-9-13)22-16(24)14-4-1-2-10-23(14)17(25)15-5-3-11-27-15/h3,5-9,11,14H,1-2,4,10H2,(H,22,24). The predicted octanol–water partition coefficient (Wildman–Crippen LogP) is 4.28. The maximum Gasteiger partial charge on any atom is 0.573 e. The number of carbonyl (C=O) groups excluding carboxylic acids is 2. The van der Waals surface area contributed by atoms with E-state index >= 15 is 0 Å². The van der Waals surface area contributed by atoms with Gasteiger partial charge in [-0.1, -0.05) is 6.07 Å². The molecule has 0 bridgehead atoms. The van der Waals surface area contributed by atoms with E-state index in [1.165, 1.54) is 23.5 Å². The highest BCUT2D eigenvalue weighted by molar-refractivity contribution is 7.12. The van der Waals surface area contributed by atoms with Crippen molar-refractivity contribution in [1.82, 2.24) is 4.90 Å². The van der Waals surface area contributed by atoms with Crippen molar-refractivity contribution in [2.45, 2.75) is 31.7 Å². The first kappa shape index (κ1) is 19.2. The first-order valence-corrected chi connectivity index (χ1v) is 9.22. The molecule has 3 rings (SSSR count). The van der Waals surface area contributed by atoms with Crippen LogP contribution in [0.3, 0.4) is 0 Å². The Hall–Kier alpha value is -2.55. The number of alkyl halides is 3. The summed E-state index contributed by atoms with van der Waals surface area (Å²) in [6.07, 6.45) is -2.58. The molecule has 1 N–H and O–H groups in total. The maximum atomic E-state index is 12.7. The lowest BCUT2D eigenvalue weighted by Crippen LogP contribution is -2.49. The summed E-state index contributed by atoms with van der Waals surface area (Å²) in [4.78, 5) is 27.4. The number of benzene rings is 1. The van der Waals surface area contributed by atoms with Crippen molar-refractivity contribution in [1.29, 1.82) is 0 Å². The Morgan fingerprint density at radius 2 is 1.89 bits per heavy atom. The van der Waals surface area contributed by atoms with Crippen molar-refractivity contribution in [3.8, 4) is 5.75 Å². The number of halogens is 3. The molecular weight excluding hydrogens is 381 g/mol. The van der Waals surface area contributed by atoms with Crippen molar-refractivity contribution in [3.05, 3.63) is 46.7 Å². The third-order valence-corrected chi connectivity index (χ3v) is 5.01. The molecule has 144 valence electrons. The van der Waals surface area contributed by atoms with Gasteiger partial charge in [-0.25, -0.2) is 0 Å². The van der Waals surface area contributed by atoms with Gasteiger partial charge in [0.1, 0.15) is 11.8 Å². The normalized spacial score (nSPS) is 17.4. The van der Waals surface area contributed by atoms with Crippen LogP contribution >= 0.6 is 11.3 Å².